The molecule has 112 valence electrons. The molecule has 5 heteroatoms. The molecule has 0 spiro atoms. The van der Waals surface area contributed by atoms with Crippen LogP contribution in [0, 0.1) is 12.7 Å². The quantitative estimate of drug-likeness (QED) is 0.831. The second-order valence-corrected chi connectivity index (χ2v) is 4.88. The van der Waals surface area contributed by atoms with Gasteiger partial charge in [-0.05, 0) is 41.8 Å². The number of hydrogen-bond acceptors (Lipinski definition) is 1. The van der Waals surface area contributed by atoms with Crippen molar-refractivity contribution >= 4 is 0 Å². The van der Waals surface area contributed by atoms with Crippen LogP contribution in [-0.4, -0.2) is 5.11 Å². The zero-order valence-electron chi connectivity index (χ0n) is 11.3. The SMILES string of the molecule is Cc1ccc(F)cc1CC(O)c1ccccc1C(F)(F)F. The van der Waals surface area contributed by atoms with E-state index < -0.39 is 23.7 Å². The number of alkyl halides is 3. The first-order valence-corrected chi connectivity index (χ1v) is 6.38. The molecule has 0 radical (unpaired) electrons. The number of halogens is 4. The number of hydrogen-bond donors (Lipinski definition) is 1. The molecule has 0 saturated carbocycles. The van der Waals surface area contributed by atoms with Gasteiger partial charge < -0.3 is 5.11 Å². The molecule has 21 heavy (non-hydrogen) atoms. The molecule has 0 aliphatic rings. The maximum Gasteiger partial charge on any atom is 0.416 e. The van der Waals surface area contributed by atoms with Gasteiger partial charge in [0.15, 0.2) is 0 Å². The fourth-order valence-corrected chi connectivity index (χ4v) is 2.22. The van der Waals surface area contributed by atoms with Crippen LogP contribution < -0.4 is 0 Å². The minimum atomic E-state index is -4.53. The van der Waals surface area contributed by atoms with E-state index in [1.54, 1.807) is 6.92 Å². The van der Waals surface area contributed by atoms with E-state index >= 15 is 0 Å². The summed E-state index contributed by atoms with van der Waals surface area (Å²) in [7, 11) is 0. The van der Waals surface area contributed by atoms with Crippen LogP contribution >= 0.6 is 0 Å². The molecule has 0 aromatic heterocycles. The maximum absolute atomic E-state index is 13.2. The van der Waals surface area contributed by atoms with Gasteiger partial charge in [0, 0.05) is 6.42 Å². The summed E-state index contributed by atoms with van der Waals surface area (Å²) in [4.78, 5) is 0. The second-order valence-electron chi connectivity index (χ2n) is 4.88. The molecule has 0 fully saturated rings. The predicted molar refractivity (Wildman–Crippen MR) is 71.2 cm³/mol. The van der Waals surface area contributed by atoms with Gasteiger partial charge in [0.25, 0.3) is 0 Å². The minimum Gasteiger partial charge on any atom is -0.388 e. The predicted octanol–water partition coefficient (Wildman–Crippen LogP) is 4.43. The van der Waals surface area contributed by atoms with Crippen LogP contribution in [0.4, 0.5) is 17.6 Å². The number of aliphatic hydroxyl groups is 1. The van der Waals surface area contributed by atoms with Crippen molar-refractivity contribution in [3.63, 3.8) is 0 Å². The van der Waals surface area contributed by atoms with Gasteiger partial charge in [-0.1, -0.05) is 24.3 Å². The Hall–Kier alpha value is -1.88. The molecule has 0 saturated heterocycles. The molecule has 1 nitrogen and oxygen atoms in total. The molecule has 0 heterocycles. The highest BCUT2D eigenvalue weighted by atomic mass is 19.4. The molecule has 2 aromatic carbocycles. The van der Waals surface area contributed by atoms with Gasteiger partial charge in [-0.3, -0.25) is 0 Å². The van der Waals surface area contributed by atoms with Gasteiger partial charge in [0.1, 0.15) is 5.82 Å². The summed E-state index contributed by atoms with van der Waals surface area (Å²) in [5.74, 6) is -0.480. The van der Waals surface area contributed by atoms with Gasteiger partial charge >= 0.3 is 6.18 Å². The van der Waals surface area contributed by atoms with Gasteiger partial charge in [-0.25, -0.2) is 4.39 Å². The molecule has 2 rings (SSSR count). The van der Waals surface area contributed by atoms with Crippen LogP contribution in [-0.2, 0) is 12.6 Å². The summed E-state index contributed by atoms with van der Waals surface area (Å²) >= 11 is 0. The molecular formula is C16H14F4O. The Balaban J connectivity index is 2.33. The van der Waals surface area contributed by atoms with Crippen LogP contribution in [0.25, 0.3) is 0 Å². The van der Waals surface area contributed by atoms with Gasteiger partial charge in [-0.2, -0.15) is 13.2 Å². The van der Waals surface area contributed by atoms with E-state index in [2.05, 4.69) is 0 Å². The van der Waals surface area contributed by atoms with E-state index in [4.69, 9.17) is 0 Å². The topological polar surface area (TPSA) is 20.2 Å². The van der Waals surface area contributed by atoms with Crippen molar-refractivity contribution < 1.29 is 22.7 Å². The second kappa shape index (κ2) is 5.85. The van der Waals surface area contributed by atoms with Crippen molar-refractivity contribution in [2.24, 2.45) is 0 Å². The first-order chi connectivity index (χ1) is 9.79. The molecule has 2 aromatic rings. The number of aryl methyl sites for hydroxylation is 1. The zero-order chi connectivity index (χ0) is 15.6. The largest absolute Gasteiger partial charge is 0.416 e. The Kier molecular flexibility index (Phi) is 4.32. The summed E-state index contributed by atoms with van der Waals surface area (Å²) in [6, 6.07) is 8.91. The fraction of sp³-hybridized carbons (Fsp3) is 0.250. The van der Waals surface area contributed by atoms with Crippen molar-refractivity contribution in [3.8, 4) is 0 Å². The van der Waals surface area contributed by atoms with E-state index in [1.165, 1.54) is 36.4 Å². The monoisotopic (exact) mass is 298 g/mol. The zero-order valence-corrected chi connectivity index (χ0v) is 11.3. The molecule has 0 bridgehead atoms. The lowest BCUT2D eigenvalue weighted by Gasteiger charge is -2.18. The standard InChI is InChI=1S/C16H14F4O/c1-10-6-7-12(17)8-11(10)9-15(21)13-4-2-3-5-14(13)16(18,19)20/h2-8,15,21H,9H2,1H3. The Labute approximate surface area is 119 Å². The Morgan fingerprint density at radius 3 is 2.43 bits per heavy atom. The highest BCUT2D eigenvalue weighted by molar-refractivity contribution is 5.34. The van der Waals surface area contributed by atoms with Gasteiger partial charge in [0.2, 0.25) is 0 Å². The van der Waals surface area contributed by atoms with Crippen molar-refractivity contribution in [2.75, 3.05) is 0 Å². The Morgan fingerprint density at radius 1 is 1.10 bits per heavy atom. The van der Waals surface area contributed by atoms with Crippen molar-refractivity contribution in [1.82, 2.24) is 0 Å². The third-order valence-electron chi connectivity index (χ3n) is 3.35. The minimum absolute atomic E-state index is 0.0727. The molecule has 1 unspecified atom stereocenters. The highest BCUT2D eigenvalue weighted by Gasteiger charge is 2.34. The third kappa shape index (κ3) is 3.61. The average Bonchev–Trinajstić information content (AvgIpc) is 2.42. The Bertz CT molecular complexity index is 634. The van der Waals surface area contributed by atoms with Crippen LogP contribution in [0.5, 0.6) is 0 Å². The molecule has 0 aliphatic carbocycles. The van der Waals surface area contributed by atoms with Crippen LogP contribution in [0.1, 0.15) is 28.4 Å². The van der Waals surface area contributed by atoms with Crippen LogP contribution in [0.2, 0.25) is 0 Å². The van der Waals surface area contributed by atoms with E-state index in [0.717, 1.165) is 11.6 Å². The third-order valence-corrected chi connectivity index (χ3v) is 3.35. The summed E-state index contributed by atoms with van der Waals surface area (Å²) in [5, 5.41) is 10.1. The van der Waals surface area contributed by atoms with Crippen molar-refractivity contribution in [2.45, 2.75) is 25.6 Å². The summed E-state index contributed by atoms with van der Waals surface area (Å²) in [6.45, 7) is 1.72. The first-order valence-electron chi connectivity index (χ1n) is 6.38. The lowest BCUT2D eigenvalue weighted by atomic mass is 9.95. The van der Waals surface area contributed by atoms with Crippen molar-refractivity contribution in [1.29, 1.82) is 0 Å². The molecule has 1 N–H and O–H groups in total. The number of aliphatic hydroxyl groups excluding tert-OH is 1. The Morgan fingerprint density at radius 2 is 1.76 bits per heavy atom. The fourth-order valence-electron chi connectivity index (χ4n) is 2.22. The smallest absolute Gasteiger partial charge is 0.388 e. The summed E-state index contributed by atoms with van der Waals surface area (Å²) in [5.41, 5.74) is 0.139. The van der Waals surface area contributed by atoms with Crippen molar-refractivity contribution in [3.05, 3.63) is 70.5 Å². The lowest BCUT2D eigenvalue weighted by Crippen LogP contribution is -2.13. The number of benzene rings is 2. The van der Waals surface area contributed by atoms with E-state index in [0.29, 0.717) is 5.56 Å². The summed E-state index contributed by atoms with van der Waals surface area (Å²) < 4.78 is 52.0. The first kappa shape index (κ1) is 15.5. The van der Waals surface area contributed by atoms with Crippen LogP contribution in [0.15, 0.2) is 42.5 Å². The maximum atomic E-state index is 13.2. The molecule has 0 aliphatic heterocycles. The number of rotatable bonds is 3. The highest BCUT2D eigenvalue weighted by Crippen LogP contribution is 2.35. The van der Waals surface area contributed by atoms with Crippen LogP contribution in [0.3, 0.4) is 0 Å². The van der Waals surface area contributed by atoms with E-state index in [-0.39, 0.29) is 12.0 Å². The molecular weight excluding hydrogens is 284 g/mol. The lowest BCUT2D eigenvalue weighted by molar-refractivity contribution is -0.139. The van der Waals surface area contributed by atoms with E-state index in [9.17, 15) is 22.7 Å². The van der Waals surface area contributed by atoms with Gasteiger partial charge in [0.05, 0.1) is 11.7 Å². The summed E-state index contributed by atoms with van der Waals surface area (Å²) in [6.07, 6.45) is -5.95. The average molecular weight is 298 g/mol. The molecule has 1 atom stereocenters. The van der Waals surface area contributed by atoms with E-state index in [1.807, 2.05) is 0 Å². The normalized spacial score (nSPS) is 13.2. The molecule has 0 amide bonds. The van der Waals surface area contributed by atoms with Gasteiger partial charge in [-0.15, -0.1) is 0 Å².